The molecule has 2 aliphatic rings. The molecular formula is C20H20N2O2. The van der Waals surface area contributed by atoms with E-state index in [1.165, 1.54) is 0 Å². The Morgan fingerprint density at radius 2 is 1.83 bits per heavy atom. The van der Waals surface area contributed by atoms with Crippen LogP contribution in [0.2, 0.25) is 0 Å². The van der Waals surface area contributed by atoms with E-state index in [1.54, 1.807) is 0 Å². The van der Waals surface area contributed by atoms with E-state index in [4.69, 9.17) is 4.42 Å². The zero-order valence-electron chi connectivity index (χ0n) is 13.7. The molecule has 4 heteroatoms. The number of furan rings is 1. The van der Waals surface area contributed by atoms with Gasteiger partial charge >= 0.3 is 0 Å². The van der Waals surface area contributed by atoms with Gasteiger partial charge in [0.2, 0.25) is 0 Å². The summed E-state index contributed by atoms with van der Waals surface area (Å²) in [6, 6.07) is 12.3. The van der Waals surface area contributed by atoms with E-state index < -0.39 is 0 Å². The van der Waals surface area contributed by atoms with Gasteiger partial charge in [0.05, 0.1) is 0 Å². The lowest BCUT2D eigenvalue weighted by molar-refractivity contribution is 0.0751. The molecule has 0 spiro atoms. The minimum atomic E-state index is 0.0437. The standard InChI is InChI=1S/C20H20N2O2/c1-12-16-7-6-13-4-2-3-5-17(13)19(16)24-18(12)20(23)22-10-14-8-21-9-15(14)11-22/h2-7,14-15,21H,8-11H2,1H3/t14-,15+. The Hall–Kier alpha value is -2.33. The van der Waals surface area contributed by atoms with Gasteiger partial charge < -0.3 is 14.6 Å². The van der Waals surface area contributed by atoms with Crippen LogP contribution in [0.25, 0.3) is 21.7 Å². The Kier molecular flexibility index (Phi) is 2.98. The number of amides is 1. The fourth-order valence-electron chi connectivity index (χ4n) is 4.32. The predicted molar refractivity (Wildman–Crippen MR) is 94.2 cm³/mol. The maximum atomic E-state index is 13.0. The monoisotopic (exact) mass is 320 g/mol. The first-order chi connectivity index (χ1) is 11.7. The highest BCUT2D eigenvalue weighted by molar-refractivity contribution is 6.08. The average Bonchev–Trinajstić information content (AvgIpc) is 3.27. The van der Waals surface area contributed by atoms with Crippen LogP contribution in [0.4, 0.5) is 0 Å². The molecule has 0 saturated carbocycles. The Labute approximate surface area is 140 Å². The van der Waals surface area contributed by atoms with Gasteiger partial charge in [-0.15, -0.1) is 0 Å². The third-order valence-corrected chi connectivity index (χ3v) is 5.70. The number of hydrogen-bond acceptors (Lipinski definition) is 3. The second kappa shape index (κ2) is 5.08. The fourth-order valence-corrected chi connectivity index (χ4v) is 4.32. The molecule has 122 valence electrons. The lowest BCUT2D eigenvalue weighted by Gasteiger charge is -2.16. The molecule has 0 radical (unpaired) electrons. The summed E-state index contributed by atoms with van der Waals surface area (Å²) in [6.07, 6.45) is 0. The van der Waals surface area contributed by atoms with Crippen molar-refractivity contribution in [3.63, 3.8) is 0 Å². The molecule has 24 heavy (non-hydrogen) atoms. The van der Waals surface area contributed by atoms with Crippen LogP contribution in [0, 0.1) is 18.8 Å². The van der Waals surface area contributed by atoms with Gasteiger partial charge in [0, 0.05) is 42.5 Å². The van der Waals surface area contributed by atoms with Crippen molar-refractivity contribution < 1.29 is 9.21 Å². The third kappa shape index (κ3) is 1.93. The van der Waals surface area contributed by atoms with Gasteiger partial charge in [-0.3, -0.25) is 4.79 Å². The summed E-state index contributed by atoms with van der Waals surface area (Å²) in [5.74, 6) is 1.75. The number of hydrogen-bond donors (Lipinski definition) is 1. The molecule has 1 N–H and O–H groups in total. The maximum absolute atomic E-state index is 13.0. The van der Waals surface area contributed by atoms with E-state index in [9.17, 15) is 4.79 Å². The largest absolute Gasteiger partial charge is 0.450 e. The average molecular weight is 320 g/mol. The van der Waals surface area contributed by atoms with Gasteiger partial charge in [-0.2, -0.15) is 0 Å². The van der Waals surface area contributed by atoms with Crippen LogP contribution in [0.3, 0.4) is 0 Å². The normalized spacial score (nSPS) is 23.3. The van der Waals surface area contributed by atoms with E-state index in [0.29, 0.717) is 17.6 Å². The summed E-state index contributed by atoms with van der Waals surface area (Å²) in [5.41, 5.74) is 1.78. The van der Waals surface area contributed by atoms with Crippen molar-refractivity contribution in [1.82, 2.24) is 10.2 Å². The molecule has 4 nitrogen and oxygen atoms in total. The Balaban J connectivity index is 1.58. The first-order valence-corrected chi connectivity index (χ1v) is 8.63. The van der Waals surface area contributed by atoms with E-state index in [2.05, 4.69) is 29.6 Å². The number of nitrogens with one attached hydrogen (secondary N) is 1. The smallest absolute Gasteiger partial charge is 0.289 e. The molecule has 1 aromatic heterocycles. The van der Waals surface area contributed by atoms with Crippen LogP contribution in [-0.2, 0) is 0 Å². The van der Waals surface area contributed by atoms with E-state index >= 15 is 0 Å². The van der Waals surface area contributed by atoms with Crippen molar-refractivity contribution in [1.29, 1.82) is 0 Å². The number of fused-ring (bicyclic) bond motifs is 4. The lowest BCUT2D eigenvalue weighted by Crippen LogP contribution is -2.31. The van der Waals surface area contributed by atoms with Gasteiger partial charge in [0.1, 0.15) is 5.58 Å². The van der Waals surface area contributed by atoms with Crippen LogP contribution in [0.1, 0.15) is 16.1 Å². The number of carbonyl (C=O) groups excluding carboxylic acids is 1. The summed E-state index contributed by atoms with van der Waals surface area (Å²) in [5, 5.41) is 6.66. The van der Waals surface area contributed by atoms with Crippen molar-refractivity contribution in [3.05, 3.63) is 47.7 Å². The summed E-state index contributed by atoms with van der Waals surface area (Å²) >= 11 is 0. The van der Waals surface area contributed by atoms with Gasteiger partial charge in [-0.05, 0) is 24.1 Å². The highest BCUT2D eigenvalue weighted by Crippen LogP contribution is 2.34. The highest BCUT2D eigenvalue weighted by atomic mass is 16.3. The zero-order valence-corrected chi connectivity index (χ0v) is 13.7. The van der Waals surface area contributed by atoms with Crippen molar-refractivity contribution in [2.24, 2.45) is 11.8 Å². The molecule has 0 bridgehead atoms. The van der Waals surface area contributed by atoms with Crippen LogP contribution in [-0.4, -0.2) is 37.0 Å². The van der Waals surface area contributed by atoms with Crippen LogP contribution in [0.15, 0.2) is 40.8 Å². The van der Waals surface area contributed by atoms with Gasteiger partial charge in [-0.1, -0.05) is 36.4 Å². The molecule has 2 fully saturated rings. The number of benzene rings is 2. The Morgan fingerprint density at radius 3 is 2.62 bits per heavy atom. The van der Waals surface area contributed by atoms with E-state index in [0.717, 1.165) is 53.5 Å². The van der Waals surface area contributed by atoms with Gasteiger partial charge in [0.25, 0.3) is 5.91 Å². The number of likely N-dealkylation sites (tertiary alicyclic amines) is 1. The quantitative estimate of drug-likeness (QED) is 0.749. The molecule has 2 atom stereocenters. The van der Waals surface area contributed by atoms with Crippen molar-refractivity contribution >= 4 is 27.6 Å². The molecule has 1 amide bonds. The van der Waals surface area contributed by atoms with E-state index in [1.807, 2.05) is 24.0 Å². The first kappa shape index (κ1) is 14.1. The molecular weight excluding hydrogens is 300 g/mol. The Morgan fingerprint density at radius 1 is 1.08 bits per heavy atom. The number of carbonyl (C=O) groups is 1. The highest BCUT2D eigenvalue weighted by Gasteiger charge is 2.39. The molecule has 2 aromatic carbocycles. The number of rotatable bonds is 1. The first-order valence-electron chi connectivity index (χ1n) is 8.63. The topological polar surface area (TPSA) is 45.5 Å². The summed E-state index contributed by atoms with van der Waals surface area (Å²) in [4.78, 5) is 15.0. The molecule has 2 saturated heterocycles. The summed E-state index contributed by atoms with van der Waals surface area (Å²) in [6.45, 7) is 5.73. The number of nitrogens with zero attached hydrogens (tertiary/aromatic N) is 1. The molecule has 2 aliphatic heterocycles. The summed E-state index contributed by atoms with van der Waals surface area (Å²) in [7, 11) is 0. The summed E-state index contributed by atoms with van der Waals surface area (Å²) < 4.78 is 6.10. The fraction of sp³-hybridized carbons (Fsp3) is 0.350. The molecule has 0 aliphatic carbocycles. The maximum Gasteiger partial charge on any atom is 0.289 e. The Bertz CT molecular complexity index is 947. The van der Waals surface area contributed by atoms with Gasteiger partial charge in [0.15, 0.2) is 5.76 Å². The predicted octanol–water partition coefficient (Wildman–Crippen LogP) is 3.19. The zero-order chi connectivity index (χ0) is 16.3. The van der Waals surface area contributed by atoms with E-state index in [-0.39, 0.29) is 5.91 Å². The molecule has 3 heterocycles. The van der Waals surface area contributed by atoms with Crippen LogP contribution < -0.4 is 5.32 Å². The molecule has 5 rings (SSSR count). The van der Waals surface area contributed by atoms with Gasteiger partial charge in [-0.25, -0.2) is 0 Å². The van der Waals surface area contributed by atoms with Crippen molar-refractivity contribution in [2.45, 2.75) is 6.92 Å². The third-order valence-electron chi connectivity index (χ3n) is 5.70. The van der Waals surface area contributed by atoms with Crippen molar-refractivity contribution in [3.8, 4) is 0 Å². The lowest BCUT2D eigenvalue weighted by atomic mass is 10.0. The minimum Gasteiger partial charge on any atom is -0.450 e. The SMILES string of the molecule is Cc1c(C(=O)N2C[C@H]3CNC[C@H]3C2)oc2c1ccc1ccccc12. The van der Waals surface area contributed by atoms with Crippen LogP contribution in [0.5, 0.6) is 0 Å². The van der Waals surface area contributed by atoms with Crippen LogP contribution >= 0.6 is 0 Å². The molecule has 0 unspecified atom stereocenters. The minimum absolute atomic E-state index is 0.0437. The second-order valence-electron chi connectivity index (χ2n) is 7.11. The second-order valence-corrected chi connectivity index (χ2v) is 7.11. The van der Waals surface area contributed by atoms with Crippen molar-refractivity contribution in [2.75, 3.05) is 26.2 Å². The molecule has 3 aromatic rings. The number of aryl methyl sites for hydroxylation is 1.